The molecule has 1 aliphatic heterocycles. The molecule has 1 aromatic rings. The molecule has 3 saturated carbocycles. The molecule has 0 amide bonds. The number of allylic oxidation sites excluding steroid dienone is 1. The molecule has 0 spiro atoms. The summed E-state index contributed by atoms with van der Waals surface area (Å²) in [7, 11) is 0. The lowest BCUT2D eigenvalue weighted by molar-refractivity contribution is -0.0585. The number of para-hydroxylation sites is 1. The fourth-order valence-corrected chi connectivity index (χ4v) is 9.98. The highest BCUT2D eigenvalue weighted by Gasteiger charge is 2.59. The summed E-state index contributed by atoms with van der Waals surface area (Å²) in [5, 5.41) is 10.3. The van der Waals surface area contributed by atoms with Gasteiger partial charge in [-0.2, -0.15) is 0 Å². The molecule has 5 aliphatic rings. The Morgan fingerprint density at radius 3 is 2.49 bits per heavy atom. The zero-order valence-corrected chi connectivity index (χ0v) is 22.5. The molecule has 0 aromatic heterocycles. The van der Waals surface area contributed by atoms with Crippen molar-refractivity contribution in [3.05, 3.63) is 42.0 Å². The van der Waals surface area contributed by atoms with Crippen molar-refractivity contribution in [1.29, 1.82) is 0 Å². The van der Waals surface area contributed by atoms with Gasteiger partial charge in [-0.05, 0) is 104 Å². The summed E-state index contributed by atoms with van der Waals surface area (Å²) < 4.78 is 0. The molecule has 1 aromatic carbocycles. The molecular weight excluding hydrogens is 428 g/mol. The zero-order chi connectivity index (χ0) is 24.2. The van der Waals surface area contributed by atoms with E-state index >= 15 is 0 Å². The Bertz CT molecular complexity index is 921. The van der Waals surface area contributed by atoms with Crippen LogP contribution < -0.4 is 4.90 Å². The van der Waals surface area contributed by atoms with Gasteiger partial charge in [0.05, 0.1) is 6.10 Å². The maximum Gasteiger partial charge on any atom is 0.0577 e. The van der Waals surface area contributed by atoms with Gasteiger partial charge in [0.15, 0.2) is 0 Å². The van der Waals surface area contributed by atoms with Crippen molar-refractivity contribution in [1.82, 2.24) is 4.90 Å². The van der Waals surface area contributed by atoms with Gasteiger partial charge in [0, 0.05) is 38.4 Å². The normalized spacial score (nSPS) is 42.6. The molecule has 1 N–H and O–H groups in total. The van der Waals surface area contributed by atoms with Crippen LogP contribution in [0.15, 0.2) is 42.0 Å². The van der Waals surface area contributed by atoms with Crippen LogP contribution in [0.5, 0.6) is 0 Å². The molecule has 4 fully saturated rings. The van der Waals surface area contributed by atoms with E-state index in [1.165, 1.54) is 63.8 Å². The van der Waals surface area contributed by atoms with E-state index in [9.17, 15) is 5.11 Å². The standard InChI is InChI=1S/C32H48N2O/c1-23(22-33-17-19-34(20-18-33)25-7-5-4-6-8-25)28-11-12-29-27-10-9-24-21-26(35)13-15-31(24,2)30(27)14-16-32(28,29)3/h4-9,23,26-30,35H,10-22H2,1-3H3/t23-,26+,27+,28-,29+,30+,31+,32-/m1/s1. The molecule has 192 valence electrons. The lowest BCUT2D eigenvalue weighted by Gasteiger charge is -2.58. The van der Waals surface area contributed by atoms with Gasteiger partial charge < -0.3 is 10.0 Å². The van der Waals surface area contributed by atoms with Crippen LogP contribution >= 0.6 is 0 Å². The lowest BCUT2D eigenvalue weighted by Crippen LogP contribution is -2.52. The van der Waals surface area contributed by atoms with Gasteiger partial charge in [0.2, 0.25) is 0 Å². The Morgan fingerprint density at radius 2 is 1.71 bits per heavy atom. The Morgan fingerprint density at radius 1 is 0.943 bits per heavy atom. The largest absolute Gasteiger partial charge is 0.393 e. The number of nitrogens with zero attached hydrogens (tertiary/aromatic N) is 2. The second-order valence-electron chi connectivity index (χ2n) is 13.5. The minimum atomic E-state index is -0.0917. The van der Waals surface area contributed by atoms with Crippen molar-refractivity contribution in [3.8, 4) is 0 Å². The third-order valence-corrected chi connectivity index (χ3v) is 11.9. The minimum Gasteiger partial charge on any atom is -0.393 e. The van der Waals surface area contributed by atoms with E-state index in [0.29, 0.717) is 10.8 Å². The van der Waals surface area contributed by atoms with Gasteiger partial charge in [-0.3, -0.25) is 4.90 Å². The van der Waals surface area contributed by atoms with Crippen molar-refractivity contribution < 1.29 is 5.11 Å². The second-order valence-corrected chi connectivity index (χ2v) is 13.5. The van der Waals surface area contributed by atoms with Crippen LogP contribution in [0.1, 0.15) is 72.1 Å². The molecule has 1 saturated heterocycles. The molecule has 0 unspecified atom stereocenters. The molecule has 3 nitrogen and oxygen atoms in total. The number of hydrogen-bond acceptors (Lipinski definition) is 3. The van der Waals surface area contributed by atoms with E-state index in [4.69, 9.17) is 0 Å². The Balaban J connectivity index is 1.10. The number of aliphatic hydroxyl groups is 1. The summed E-state index contributed by atoms with van der Waals surface area (Å²) >= 11 is 0. The first-order valence-electron chi connectivity index (χ1n) is 14.8. The first-order chi connectivity index (χ1) is 16.9. The number of aliphatic hydroxyl groups excluding tert-OH is 1. The third-order valence-electron chi connectivity index (χ3n) is 11.9. The summed E-state index contributed by atoms with van der Waals surface area (Å²) in [5.74, 6) is 4.31. The number of piperazine rings is 1. The van der Waals surface area contributed by atoms with Gasteiger partial charge in [0.25, 0.3) is 0 Å². The number of anilines is 1. The zero-order valence-electron chi connectivity index (χ0n) is 22.5. The third kappa shape index (κ3) is 4.09. The molecular formula is C32H48N2O. The molecule has 4 aliphatic carbocycles. The molecule has 6 rings (SSSR count). The average Bonchev–Trinajstić information content (AvgIpc) is 3.23. The number of rotatable bonds is 4. The van der Waals surface area contributed by atoms with Gasteiger partial charge in [-0.15, -0.1) is 0 Å². The van der Waals surface area contributed by atoms with E-state index < -0.39 is 0 Å². The molecule has 8 atom stereocenters. The molecule has 0 bridgehead atoms. The Kier molecular flexibility index (Phi) is 6.33. The predicted octanol–water partition coefficient (Wildman–Crippen LogP) is 6.38. The fourth-order valence-electron chi connectivity index (χ4n) is 9.98. The van der Waals surface area contributed by atoms with Crippen LogP contribution in [0.2, 0.25) is 0 Å². The minimum absolute atomic E-state index is 0.0917. The lowest BCUT2D eigenvalue weighted by atomic mass is 9.47. The smallest absolute Gasteiger partial charge is 0.0577 e. The first-order valence-corrected chi connectivity index (χ1v) is 14.8. The topological polar surface area (TPSA) is 26.7 Å². The van der Waals surface area contributed by atoms with E-state index in [0.717, 1.165) is 55.5 Å². The number of fused-ring (bicyclic) bond motifs is 5. The van der Waals surface area contributed by atoms with Crippen molar-refractivity contribution in [2.45, 2.75) is 78.2 Å². The monoisotopic (exact) mass is 476 g/mol. The highest BCUT2D eigenvalue weighted by Crippen LogP contribution is 2.67. The van der Waals surface area contributed by atoms with Crippen LogP contribution in [0, 0.1) is 40.4 Å². The maximum absolute atomic E-state index is 10.3. The Labute approximate surface area is 214 Å². The van der Waals surface area contributed by atoms with E-state index in [1.54, 1.807) is 5.57 Å². The quantitative estimate of drug-likeness (QED) is 0.511. The van der Waals surface area contributed by atoms with Crippen LogP contribution in [-0.2, 0) is 0 Å². The summed E-state index contributed by atoms with van der Waals surface area (Å²) in [6, 6.07) is 11.0. The van der Waals surface area contributed by atoms with Gasteiger partial charge in [0.1, 0.15) is 0 Å². The Hall–Kier alpha value is -1.32. The SMILES string of the molecule is C[C@H](CN1CCN(c2ccccc2)CC1)[C@H]1CC[C@H]2[C@@H]3CC=C4C[C@@H](O)CC[C@]4(C)[C@H]3CC[C@]12C. The van der Waals surface area contributed by atoms with Crippen molar-refractivity contribution in [2.24, 2.45) is 40.4 Å². The highest BCUT2D eigenvalue weighted by atomic mass is 16.3. The molecule has 3 heteroatoms. The van der Waals surface area contributed by atoms with Crippen LogP contribution in [0.25, 0.3) is 0 Å². The highest BCUT2D eigenvalue weighted by molar-refractivity contribution is 5.46. The summed E-state index contributed by atoms with van der Waals surface area (Å²) in [5.41, 5.74) is 3.89. The van der Waals surface area contributed by atoms with E-state index in [1.807, 2.05) is 0 Å². The molecule has 35 heavy (non-hydrogen) atoms. The maximum atomic E-state index is 10.3. The van der Waals surface area contributed by atoms with Crippen molar-refractivity contribution in [3.63, 3.8) is 0 Å². The second kappa shape index (κ2) is 9.21. The molecule has 1 heterocycles. The van der Waals surface area contributed by atoms with E-state index in [-0.39, 0.29) is 6.10 Å². The van der Waals surface area contributed by atoms with Gasteiger partial charge in [-0.25, -0.2) is 0 Å². The fraction of sp³-hybridized carbons (Fsp3) is 0.750. The van der Waals surface area contributed by atoms with Gasteiger partial charge >= 0.3 is 0 Å². The number of benzene rings is 1. The first kappa shape index (κ1) is 24.0. The van der Waals surface area contributed by atoms with Crippen molar-refractivity contribution >= 4 is 5.69 Å². The summed E-state index contributed by atoms with van der Waals surface area (Å²) in [4.78, 5) is 5.32. The van der Waals surface area contributed by atoms with Crippen molar-refractivity contribution in [2.75, 3.05) is 37.6 Å². The molecule has 0 radical (unpaired) electrons. The summed E-state index contributed by atoms with van der Waals surface area (Å²) in [6.45, 7) is 13.8. The van der Waals surface area contributed by atoms with Gasteiger partial charge in [-0.1, -0.05) is 50.6 Å². The predicted molar refractivity (Wildman–Crippen MR) is 145 cm³/mol. The van der Waals surface area contributed by atoms with Crippen LogP contribution in [0.4, 0.5) is 5.69 Å². The average molecular weight is 477 g/mol. The van der Waals surface area contributed by atoms with Crippen LogP contribution in [-0.4, -0.2) is 48.8 Å². The van der Waals surface area contributed by atoms with E-state index in [2.05, 4.69) is 67.0 Å². The van der Waals surface area contributed by atoms with Crippen LogP contribution in [0.3, 0.4) is 0 Å². The summed E-state index contributed by atoms with van der Waals surface area (Å²) in [6.07, 6.45) is 12.7. The number of hydrogen-bond donors (Lipinski definition) is 1.